The second-order valence-corrected chi connectivity index (χ2v) is 8.42. The minimum atomic E-state index is -0.832. The summed E-state index contributed by atoms with van der Waals surface area (Å²) in [5.41, 5.74) is 2.18. The Morgan fingerprint density at radius 1 is 0.886 bits per heavy atom. The second kappa shape index (κ2) is 9.15. The lowest BCUT2D eigenvalue weighted by Gasteiger charge is -2.14. The van der Waals surface area contributed by atoms with Gasteiger partial charge in [-0.2, -0.15) is 0 Å². The maximum atomic E-state index is 13.3. The van der Waals surface area contributed by atoms with Gasteiger partial charge in [0, 0.05) is 11.4 Å². The van der Waals surface area contributed by atoms with Crippen molar-refractivity contribution in [1.82, 2.24) is 14.6 Å². The van der Waals surface area contributed by atoms with Crippen LogP contribution >= 0.6 is 11.6 Å². The number of imide groups is 1. The van der Waals surface area contributed by atoms with Gasteiger partial charge in [-0.3, -0.25) is 14.4 Å². The zero-order valence-electron chi connectivity index (χ0n) is 18.3. The van der Waals surface area contributed by atoms with Gasteiger partial charge in [-0.05, 0) is 35.9 Å². The molecule has 1 aliphatic rings. The predicted octanol–water partition coefficient (Wildman–Crippen LogP) is 3.79. The Labute approximate surface area is 204 Å². The van der Waals surface area contributed by atoms with Crippen LogP contribution in [0.3, 0.4) is 0 Å². The minimum absolute atomic E-state index is 0.0436. The summed E-state index contributed by atoms with van der Waals surface area (Å²) in [4.78, 5) is 60.1. The van der Waals surface area contributed by atoms with Crippen LogP contribution in [-0.2, 0) is 22.6 Å². The molecule has 0 unspecified atom stereocenters. The van der Waals surface area contributed by atoms with E-state index in [0.717, 1.165) is 5.56 Å². The molecule has 0 fully saturated rings. The molecule has 0 atom stereocenters. The molecule has 35 heavy (non-hydrogen) atoms. The van der Waals surface area contributed by atoms with Gasteiger partial charge < -0.3 is 9.40 Å². The Bertz CT molecular complexity index is 1510. The first-order valence-corrected chi connectivity index (χ1v) is 11.2. The number of nitrogens with zero attached hydrogens (tertiary/aromatic N) is 3. The molecule has 0 bridgehead atoms. The van der Waals surface area contributed by atoms with Crippen LogP contribution in [0.5, 0.6) is 0 Å². The maximum Gasteiger partial charge on any atom is 0.333 e. The van der Waals surface area contributed by atoms with Crippen molar-refractivity contribution in [3.8, 4) is 0 Å². The summed E-state index contributed by atoms with van der Waals surface area (Å²) in [6, 6.07) is 20.8. The number of rotatable bonds is 6. The first-order chi connectivity index (χ1) is 16.9. The summed E-state index contributed by atoms with van der Waals surface area (Å²) in [5.74, 6) is -2.24. The van der Waals surface area contributed by atoms with Crippen molar-refractivity contribution in [3.63, 3.8) is 0 Å². The quantitative estimate of drug-likeness (QED) is 0.384. The lowest BCUT2D eigenvalue weighted by atomic mass is 10.1. The number of hydrogen-bond donors (Lipinski definition) is 0. The number of hydroxylamine groups is 2. The molecule has 5 rings (SSSR count). The van der Waals surface area contributed by atoms with Crippen LogP contribution in [0.4, 0.5) is 0 Å². The molecule has 0 saturated heterocycles. The molecule has 8 nitrogen and oxygen atoms in total. The van der Waals surface area contributed by atoms with Crippen molar-refractivity contribution in [2.75, 3.05) is 0 Å². The molecular formula is C26H18ClN3O5. The van der Waals surface area contributed by atoms with Gasteiger partial charge in [0.2, 0.25) is 0 Å². The van der Waals surface area contributed by atoms with E-state index in [2.05, 4.69) is 4.98 Å². The molecule has 2 heterocycles. The molecule has 0 saturated carbocycles. The molecule has 0 aliphatic carbocycles. The Hall–Kier alpha value is -4.30. The van der Waals surface area contributed by atoms with E-state index in [9.17, 15) is 19.2 Å². The maximum absolute atomic E-state index is 13.3. The highest BCUT2D eigenvalue weighted by atomic mass is 35.5. The monoisotopic (exact) mass is 487 g/mol. The number of fused-ring (bicyclic) bond motifs is 2. The van der Waals surface area contributed by atoms with Gasteiger partial charge in [-0.1, -0.05) is 59.1 Å². The molecular weight excluding hydrogens is 470 g/mol. The van der Waals surface area contributed by atoms with Crippen LogP contribution < -0.4 is 5.56 Å². The van der Waals surface area contributed by atoms with Crippen molar-refractivity contribution in [2.45, 2.75) is 19.4 Å². The Morgan fingerprint density at radius 3 is 2.23 bits per heavy atom. The van der Waals surface area contributed by atoms with Crippen molar-refractivity contribution < 1.29 is 19.2 Å². The van der Waals surface area contributed by atoms with Crippen molar-refractivity contribution >= 4 is 40.4 Å². The standard InChI is InChI=1S/C26H18ClN3O5/c27-17-10-12-22-21(14-17)28-20(26(34)29(22)15-16-6-2-1-3-7-16)11-13-23(31)35-30-24(32)18-8-4-5-9-19(18)25(30)33/h1-10,12,14H,11,13,15H2. The molecule has 2 amide bonds. The predicted molar refractivity (Wildman–Crippen MR) is 128 cm³/mol. The SMILES string of the molecule is O=C(CCc1nc2cc(Cl)ccc2n(Cc2ccccc2)c1=O)ON1C(=O)c2ccccc2C1=O. The fraction of sp³-hybridized carbons (Fsp3) is 0.115. The number of carbonyl (C=O) groups excluding carboxylic acids is 3. The van der Waals surface area contributed by atoms with E-state index in [-0.39, 0.29) is 35.2 Å². The normalized spacial score (nSPS) is 12.8. The molecule has 0 N–H and O–H groups in total. The smallest absolute Gasteiger partial charge is 0.330 e. The third kappa shape index (κ3) is 4.31. The molecule has 4 aromatic rings. The van der Waals surface area contributed by atoms with Gasteiger partial charge in [-0.25, -0.2) is 9.78 Å². The van der Waals surface area contributed by atoms with Gasteiger partial charge >= 0.3 is 5.97 Å². The van der Waals surface area contributed by atoms with Crippen LogP contribution in [-0.4, -0.2) is 32.4 Å². The van der Waals surface area contributed by atoms with Crippen LogP contribution in [0.25, 0.3) is 11.0 Å². The van der Waals surface area contributed by atoms with Gasteiger partial charge in [-0.15, -0.1) is 0 Å². The van der Waals surface area contributed by atoms with E-state index in [4.69, 9.17) is 16.4 Å². The summed E-state index contributed by atoms with van der Waals surface area (Å²) >= 11 is 6.14. The van der Waals surface area contributed by atoms with Crippen LogP contribution in [0.1, 0.15) is 38.4 Å². The van der Waals surface area contributed by atoms with Crippen molar-refractivity contribution in [2.24, 2.45) is 0 Å². The largest absolute Gasteiger partial charge is 0.333 e. The van der Waals surface area contributed by atoms with Crippen molar-refractivity contribution in [3.05, 3.63) is 111 Å². The number of carbonyl (C=O) groups is 3. The number of hydrogen-bond acceptors (Lipinski definition) is 6. The second-order valence-electron chi connectivity index (χ2n) is 7.98. The van der Waals surface area contributed by atoms with Gasteiger partial charge in [0.25, 0.3) is 17.4 Å². The highest BCUT2D eigenvalue weighted by molar-refractivity contribution is 6.31. The third-order valence-electron chi connectivity index (χ3n) is 5.68. The summed E-state index contributed by atoms with van der Waals surface area (Å²) in [5, 5.41) is 0.916. The van der Waals surface area contributed by atoms with Crippen LogP contribution in [0, 0.1) is 0 Å². The van der Waals surface area contributed by atoms with E-state index in [1.165, 1.54) is 12.1 Å². The fourth-order valence-electron chi connectivity index (χ4n) is 3.98. The molecule has 0 spiro atoms. The lowest BCUT2D eigenvalue weighted by Crippen LogP contribution is -2.33. The van der Waals surface area contributed by atoms with Gasteiger partial charge in [0.05, 0.1) is 35.1 Å². The molecule has 1 aliphatic heterocycles. The van der Waals surface area contributed by atoms with E-state index >= 15 is 0 Å². The molecule has 9 heteroatoms. The van der Waals surface area contributed by atoms with Crippen LogP contribution in [0.15, 0.2) is 77.6 Å². The van der Waals surface area contributed by atoms with E-state index in [0.29, 0.717) is 27.7 Å². The summed E-state index contributed by atoms with van der Waals surface area (Å²) in [6.45, 7) is 0.312. The number of benzene rings is 3. The lowest BCUT2D eigenvalue weighted by molar-refractivity contribution is -0.168. The van der Waals surface area contributed by atoms with E-state index in [1.807, 2.05) is 30.3 Å². The number of halogens is 1. The number of aromatic nitrogens is 2. The van der Waals surface area contributed by atoms with Crippen LogP contribution in [0.2, 0.25) is 5.02 Å². The van der Waals surface area contributed by atoms with Crippen molar-refractivity contribution in [1.29, 1.82) is 0 Å². The number of amides is 2. The molecule has 1 aromatic heterocycles. The third-order valence-corrected chi connectivity index (χ3v) is 5.91. The summed E-state index contributed by atoms with van der Waals surface area (Å²) < 4.78 is 1.58. The highest BCUT2D eigenvalue weighted by Crippen LogP contribution is 2.23. The Morgan fingerprint density at radius 2 is 1.54 bits per heavy atom. The van der Waals surface area contributed by atoms with Gasteiger partial charge in [0.15, 0.2) is 0 Å². The topological polar surface area (TPSA) is 98.6 Å². The number of aryl methyl sites for hydroxylation is 1. The average Bonchev–Trinajstić information content (AvgIpc) is 3.10. The molecule has 3 aromatic carbocycles. The van der Waals surface area contributed by atoms with E-state index < -0.39 is 17.8 Å². The Balaban J connectivity index is 1.38. The summed E-state index contributed by atoms with van der Waals surface area (Å²) in [6.07, 6.45) is -0.300. The fourth-order valence-corrected chi connectivity index (χ4v) is 4.14. The molecule has 174 valence electrons. The van der Waals surface area contributed by atoms with Gasteiger partial charge in [0.1, 0.15) is 5.69 Å². The average molecular weight is 488 g/mol. The zero-order chi connectivity index (χ0) is 24.5. The first kappa shape index (κ1) is 22.5. The molecule has 0 radical (unpaired) electrons. The Kier molecular flexibility index (Phi) is 5.88. The summed E-state index contributed by atoms with van der Waals surface area (Å²) in [7, 11) is 0. The minimum Gasteiger partial charge on any atom is -0.330 e. The first-order valence-electron chi connectivity index (χ1n) is 10.8. The van der Waals surface area contributed by atoms with E-state index in [1.54, 1.807) is 34.9 Å². The zero-order valence-corrected chi connectivity index (χ0v) is 19.1. The highest BCUT2D eigenvalue weighted by Gasteiger charge is 2.38.